The highest BCUT2D eigenvalue weighted by molar-refractivity contribution is 7.20. The SMILES string of the molecule is N#Cc1sc2ccccc2c1N1CCC(N2CCCNC2=O)CC1. The van der Waals surface area contributed by atoms with Gasteiger partial charge in [0.1, 0.15) is 10.9 Å². The van der Waals surface area contributed by atoms with Gasteiger partial charge in [0, 0.05) is 42.3 Å². The molecule has 0 spiro atoms. The van der Waals surface area contributed by atoms with Gasteiger partial charge in [0.15, 0.2) is 0 Å². The molecule has 0 atom stereocenters. The Kier molecular flexibility index (Phi) is 4.03. The van der Waals surface area contributed by atoms with E-state index in [4.69, 9.17) is 0 Å². The lowest BCUT2D eigenvalue weighted by Gasteiger charge is -2.40. The van der Waals surface area contributed by atoms with Crippen molar-refractivity contribution >= 4 is 33.1 Å². The molecule has 0 radical (unpaired) electrons. The number of nitriles is 1. The predicted octanol–water partition coefficient (Wildman–Crippen LogP) is 3.16. The number of rotatable bonds is 2. The number of carbonyl (C=O) groups excluding carboxylic acids is 1. The quantitative estimate of drug-likeness (QED) is 0.913. The van der Waals surface area contributed by atoms with Crippen LogP contribution in [0.1, 0.15) is 24.1 Å². The van der Waals surface area contributed by atoms with Crippen molar-refractivity contribution in [3.8, 4) is 6.07 Å². The summed E-state index contributed by atoms with van der Waals surface area (Å²) in [4.78, 5) is 17.2. The number of urea groups is 1. The number of nitrogens with one attached hydrogen (secondary N) is 1. The lowest BCUT2D eigenvalue weighted by molar-refractivity contribution is 0.149. The van der Waals surface area contributed by atoms with Crippen molar-refractivity contribution in [2.45, 2.75) is 25.3 Å². The fourth-order valence-electron chi connectivity index (χ4n) is 3.82. The highest BCUT2D eigenvalue weighted by atomic mass is 32.1. The monoisotopic (exact) mass is 340 g/mol. The third kappa shape index (κ3) is 2.59. The van der Waals surface area contributed by atoms with E-state index in [-0.39, 0.29) is 6.03 Å². The summed E-state index contributed by atoms with van der Waals surface area (Å²) in [6.07, 6.45) is 2.95. The number of carbonyl (C=O) groups is 1. The van der Waals surface area contributed by atoms with Crippen LogP contribution in [0.25, 0.3) is 10.1 Å². The van der Waals surface area contributed by atoms with Gasteiger partial charge in [0.05, 0.1) is 5.69 Å². The predicted molar refractivity (Wildman–Crippen MR) is 96.5 cm³/mol. The Hall–Kier alpha value is -2.26. The minimum absolute atomic E-state index is 0.0818. The van der Waals surface area contributed by atoms with E-state index in [1.54, 1.807) is 11.3 Å². The summed E-state index contributed by atoms with van der Waals surface area (Å²) in [5.41, 5.74) is 1.08. The molecule has 24 heavy (non-hydrogen) atoms. The molecule has 0 bridgehead atoms. The molecule has 6 heteroatoms. The normalized spacial score (nSPS) is 19.4. The third-order valence-corrected chi connectivity index (χ3v) is 6.07. The first-order chi connectivity index (χ1) is 11.8. The maximum Gasteiger partial charge on any atom is 0.317 e. The first kappa shape index (κ1) is 15.3. The van der Waals surface area contributed by atoms with Crippen LogP contribution in [0.5, 0.6) is 0 Å². The topological polar surface area (TPSA) is 59.4 Å². The molecule has 0 saturated carbocycles. The van der Waals surface area contributed by atoms with E-state index in [1.165, 1.54) is 10.1 Å². The average molecular weight is 340 g/mol. The van der Waals surface area contributed by atoms with E-state index in [9.17, 15) is 10.1 Å². The zero-order chi connectivity index (χ0) is 16.5. The van der Waals surface area contributed by atoms with Crippen molar-refractivity contribution in [3.63, 3.8) is 0 Å². The summed E-state index contributed by atoms with van der Waals surface area (Å²) in [5.74, 6) is 0. The van der Waals surface area contributed by atoms with Crippen molar-refractivity contribution in [1.82, 2.24) is 10.2 Å². The van der Waals surface area contributed by atoms with Crippen molar-refractivity contribution in [3.05, 3.63) is 29.1 Å². The zero-order valence-corrected chi connectivity index (χ0v) is 14.3. The molecule has 2 fully saturated rings. The van der Waals surface area contributed by atoms with Crippen LogP contribution in [-0.4, -0.2) is 43.2 Å². The molecule has 1 N–H and O–H groups in total. The van der Waals surface area contributed by atoms with Crippen LogP contribution in [0.2, 0.25) is 0 Å². The maximum absolute atomic E-state index is 12.0. The van der Waals surface area contributed by atoms with E-state index in [0.29, 0.717) is 6.04 Å². The molecule has 124 valence electrons. The Morgan fingerprint density at radius 1 is 1.21 bits per heavy atom. The summed E-state index contributed by atoms with van der Waals surface area (Å²) in [5, 5.41) is 13.6. The van der Waals surface area contributed by atoms with Gasteiger partial charge in [0.2, 0.25) is 0 Å². The third-order valence-electron chi connectivity index (χ3n) is 5.01. The number of fused-ring (bicyclic) bond motifs is 1. The van der Waals surface area contributed by atoms with E-state index in [2.05, 4.69) is 28.4 Å². The molecule has 3 heterocycles. The van der Waals surface area contributed by atoms with Gasteiger partial charge in [-0.1, -0.05) is 18.2 Å². The number of amides is 2. The number of thiophene rings is 1. The maximum atomic E-state index is 12.0. The second-order valence-electron chi connectivity index (χ2n) is 6.38. The first-order valence-corrected chi connectivity index (χ1v) is 9.30. The van der Waals surface area contributed by atoms with Gasteiger partial charge in [-0.3, -0.25) is 0 Å². The summed E-state index contributed by atoms with van der Waals surface area (Å²) in [6, 6.07) is 11.0. The van der Waals surface area contributed by atoms with Crippen LogP contribution in [0.3, 0.4) is 0 Å². The van der Waals surface area contributed by atoms with E-state index in [1.807, 2.05) is 17.0 Å². The lowest BCUT2D eigenvalue weighted by Crippen LogP contribution is -2.54. The molecule has 2 aliphatic rings. The van der Waals surface area contributed by atoms with Gasteiger partial charge in [0.25, 0.3) is 0 Å². The number of nitrogens with zero attached hydrogens (tertiary/aromatic N) is 3. The van der Waals surface area contributed by atoms with Crippen molar-refractivity contribution in [1.29, 1.82) is 5.26 Å². The molecule has 2 aliphatic heterocycles. The van der Waals surface area contributed by atoms with Crippen LogP contribution in [0.4, 0.5) is 10.5 Å². The molecule has 2 saturated heterocycles. The second-order valence-corrected chi connectivity index (χ2v) is 7.44. The van der Waals surface area contributed by atoms with Crippen LogP contribution >= 0.6 is 11.3 Å². The fourth-order valence-corrected chi connectivity index (χ4v) is 4.84. The summed E-state index contributed by atoms with van der Waals surface area (Å²) in [6.45, 7) is 3.44. The van der Waals surface area contributed by atoms with Gasteiger partial charge in [-0.05, 0) is 25.3 Å². The van der Waals surface area contributed by atoms with E-state index in [0.717, 1.165) is 56.0 Å². The van der Waals surface area contributed by atoms with Crippen molar-refractivity contribution in [2.24, 2.45) is 0 Å². The average Bonchev–Trinajstić information content (AvgIpc) is 3.01. The Bertz CT molecular complexity index is 801. The smallest absolute Gasteiger partial charge is 0.317 e. The van der Waals surface area contributed by atoms with Gasteiger partial charge in [-0.2, -0.15) is 5.26 Å². The Morgan fingerprint density at radius 3 is 2.75 bits per heavy atom. The minimum atomic E-state index is 0.0818. The molecule has 5 nitrogen and oxygen atoms in total. The summed E-state index contributed by atoms with van der Waals surface area (Å²) >= 11 is 1.57. The van der Waals surface area contributed by atoms with Crippen LogP contribution in [-0.2, 0) is 0 Å². The van der Waals surface area contributed by atoms with Crippen LogP contribution in [0, 0.1) is 11.3 Å². The van der Waals surface area contributed by atoms with E-state index < -0.39 is 0 Å². The number of benzene rings is 1. The largest absolute Gasteiger partial charge is 0.369 e. The molecule has 0 unspecified atom stereocenters. The number of hydrogen-bond donors (Lipinski definition) is 1. The lowest BCUT2D eigenvalue weighted by atomic mass is 10.0. The van der Waals surface area contributed by atoms with E-state index >= 15 is 0 Å². The highest BCUT2D eigenvalue weighted by Crippen LogP contribution is 2.39. The zero-order valence-electron chi connectivity index (χ0n) is 13.5. The summed E-state index contributed by atoms with van der Waals surface area (Å²) in [7, 11) is 0. The van der Waals surface area contributed by atoms with Crippen molar-refractivity contribution < 1.29 is 4.79 Å². The van der Waals surface area contributed by atoms with Gasteiger partial charge < -0.3 is 15.1 Å². The molecular weight excluding hydrogens is 320 g/mol. The Balaban J connectivity index is 1.54. The first-order valence-electron chi connectivity index (χ1n) is 8.49. The molecule has 2 aromatic rings. The summed E-state index contributed by atoms with van der Waals surface area (Å²) < 4.78 is 1.17. The Morgan fingerprint density at radius 2 is 2.00 bits per heavy atom. The standard InChI is InChI=1S/C18H20N4OS/c19-12-16-17(14-4-1-2-5-15(14)24-16)21-10-6-13(7-11-21)22-9-3-8-20-18(22)23/h1-2,4-5,13H,3,6-11H2,(H,20,23). The van der Waals surface area contributed by atoms with Gasteiger partial charge in [-0.15, -0.1) is 11.3 Å². The molecule has 2 amide bonds. The minimum Gasteiger partial charge on any atom is -0.369 e. The number of hydrogen-bond acceptors (Lipinski definition) is 4. The fraction of sp³-hybridized carbons (Fsp3) is 0.444. The molecular formula is C18H20N4OS. The Labute approximate surface area is 145 Å². The van der Waals surface area contributed by atoms with Crippen molar-refractivity contribution in [2.75, 3.05) is 31.1 Å². The highest BCUT2D eigenvalue weighted by Gasteiger charge is 2.30. The molecule has 0 aliphatic carbocycles. The molecule has 1 aromatic carbocycles. The number of anilines is 1. The second kappa shape index (κ2) is 6.33. The molecule has 4 rings (SSSR count). The van der Waals surface area contributed by atoms with Crippen LogP contribution < -0.4 is 10.2 Å². The van der Waals surface area contributed by atoms with Gasteiger partial charge >= 0.3 is 6.03 Å². The van der Waals surface area contributed by atoms with Gasteiger partial charge in [-0.25, -0.2) is 4.79 Å². The van der Waals surface area contributed by atoms with Crippen LogP contribution in [0.15, 0.2) is 24.3 Å². The number of piperidine rings is 1. The molecule has 1 aromatic heterocycles.